The van der Waals surface area contributed by atoms with Gasteiger partial charge in [0.15, 0.2) is 0 Å². The number of hydrogen-bond acceptors (Lipinski definition) is 2. The highest BCUT2D eigenvalue weighted by molar-refractivity contribution is 5.39. The van der Waals surface area contributed by atoms with Crippen molar-refractivity contribution in [2.75, 3.05) is 13.2 Å². The van der Waals surface area contributed by atoms with Gasteiger partial charge in [0.25, 0.3) is 0 Å². The van der Waals surface area contributed by atoms with E-state index in [0.717, 1.165) is 26.1 Å². The highest BCUT2D eigenvalue weighted by Gasteiger charge is 2.24. The molecule has 2 heteroatoms. The van der Waals surface area contributed by atoms with Gasteiger partial charge in [-0.15, -0.1) is 0 Å². The first kappa shape index (κ1) is 12.6. The van der Waals surface area contributed by atoms with Gasteiger partial charge >= 0.3 is 0 Å². The van der Waals surface area contributed by atoms with Crippen LogP contribution < -0.4 is 5.73 Å². The summed E-state index contributed by atoms with van der Waals surface area (Å²) < 4.78 is 5.41. The number of aryl methyl sites for hydroxylation is 3. The van der Waals surface area contributed by atoms with Crippen LogP contribution in [0, 0.1) is 26.7 Å². The Balaban J connectivity index is 2.26. The Morgan fingerprint density at radius 2 is 1.65 bits per heavy atom. The second-order valence-electron chi connectivity index (χ2n) is 5.29. The summed E-state index contributed by atoms with van der Waals surface area (Å²) in [6, 6.07) is 4.64. The predicted molar refractivity (Wildman–Crippen MR) is 71.1 cm³/mol. The number of rotatable bonds is 2. The Hall–Kier alpha value is -0.860. The molecule has 2 N–H and O–H groups in total. The molecule has 1 fully saturated rings. The van der Waals surface area contributed by atoms with E-state index >= 15 is 0 Å². The summed E-state index contributed by atoms with van der Waals surface area (Å²) in [5.74, 6) is 0.573. The third-order valence-corrected chi connectivity index (χ3v) is 3.85. The molecule has 94 valence electrons. The Kier molecular flexibility index (Phi) is 3.85. The summed E-state index contributed by atoms with van der Waals surface area (Å²) in [6.45, 7) is 8.22. The molecule has 0 radical (unpaired) electrons. The van der Waals surface area contributed by atoms with Gasteiger partial charge in [0.2, 0.25) is 0 Å². The van der Waals surface area contributed by atoms with E-state index < -0.39 is 0 Å². The second kappa shape index (κ2) is 5.19. The molecule has 2 rings (SSSR count). The molecule has 2 nitrogen and oxygen atoms in total. The molecule has 1 saturated heterocycles. The van der Waals surface area contributed by atoms with E-state index in [4.69, 9.17) is 10.5 Å². The molecule has 1 unspecified atom stereocenters. The van der Waals surface area contributed by atoms with Crippen molar-refractivity contribution < 1.29 is 4.74 Å². The smallest absolute Gasteiger partial charge is 0.0469 e. The number of ether oxygens (including phenoxy) is 1. The van der Waals surface area contributed by atoms with Crippen LogP contribution in [-0.2, 0) is 4.74 Å². The molecule has 17 heavy (non-hydrogen) atoms. The Morgan fingerprint density at radius 3 is 2.18 bits per heavy atom. The van der Waals surface area contributed by atoms with Crippen LogP contribution in [0.3, 0.4) is 0 Å². The summed E-state index contributed by atoms with van der Waals surface area (Å²) >= 11 is 0. The maximum atomic E-state index is 6.47. The first-order valence-electron chi connectivity index (χ1n) is 6.50. The largest absolute Gasteiger partial charge is 0.381 e. The van der Waals surface area contributed by atoms with E-state index in [1.165, 1.54) is 22.3 Å². The van der Waals surface area contributed by atoms with Gasteiger partial charge in [0.1, 0.15) is 0 Å². The van der Waals surface area contributed by atoms with Gasteiger partial charge in [0.05, 0.1) is 0 Å². The van der Waals surface area contributed by atoms with Gasteiger partial charge in [-0.3, -0.25) is 0 Å². The normalized spacial score (nSPS) is 19.3. The van der Waals surface area contributed by atoms with E-state index in [-0.39, 0.29) is 6.04 Å². The van der Waals surface area contributed by atoms with Gasteiger partial charge in [-0.25, -0.2) is 0 Å². The Bertz CT molecular complexity index is 371. The standard InChI is InChI=1S/C15H23NO/c1-10-8-11(2)14(12(3)9-10)15(16)13-4-6-17-7-5-13/h8-9,13,15H,4-7,16H2,1-3H3. The van der Waals surface area contributed by atoms with Gasteiger partial charge < -0.3 is 10.5 Å². The van der Waals surface area contributed by atoms with E-state index in [1.807, 2.05) is 0 Å². The van der Waals surface area contributed by atoms with Crippen molar-refractivity contribution in [3.63, 3.8) is 0 Å². The molecule has 0 amide bonds. The van der Waals surface area contributed by atoms with Crippen molar-refractivity contribution in [1.29, 1.82) is 0 Å². The maximum Gasteiger partial charge on any atom is 0.0469 e. The van der Waals surface area contributed by atoms with Gasteiger partial charge in [-0.05, 0) is 56.2 Å². The summed E-state index contributed by atoms with van der Waals surface area (Å²) in [6.07, 6.45) is 2.18. The second-order valence-corrected chi connectivity index (χ2v) is 5.29. The predicted octanol–water partition coefficient (Wildman–Crippen LogP) is 3.04. The van der Waals surface area contributed by atoms with Crippen molar-refractivity contribution in [3.8, 4) is 0 Å². The molecular weight excluding hydrogens is 210 g/mol. The Morgan fingerprint density at radius 1 is 1.12 bits per heavy atom. The maximum absolute atomic E-state index is 6.47. The average Bonchev–Trinajstić information content (AvgIpc) is 2.28. The zero-order chi connectivity index (χ0) is 12.4. The van der Waals surface area contributed by atoms with Crippen molar-refractivity contribution in [1.82, 2.24) is 0 Å². The van der Waals surface area contributed by atoms with Crippen LogP contribution >= 0.6 is 0 Å². The molecule has 0 aromatic heterocycles. The van der Waals surface area contributed by atoms with Crippen LogP contribution in [0.25, 0.3) is 0 Å². The van der Waals surface area contributed by atoms with Crippen LogP contribution in [0.5, 0.6) is 0 Å². The SMILES string of the molecule is Cc1cc(C)c(C(N)C2CCOCC2)c(C)c1. The van der Waals surface area contributed by atoms with Crippen LogP contribution in [-0.4, -0.2) is 13.2 Å². The molecule has 1 aliphatic rings. The van der Waals surface area contributed by atoms with Gasteiger partial charge in [0, 0.05) is 19.3 Å². The minimum Gasteiger partial charge on any atom is -0.381 e. The molecule has 0 aliphatic carbocycles. The minimum absolute atomic E-state index is 0.166. The lowest BCUT2D eigenvalue weighted by molar-refractivity contribution is 0.0582. The van der Waals surface area contributed by atoms with E-state index in [2.05, 4.69) is 32.9 Å². The van der Waals surface area contributed by atoms with E-state index in [1.54, 1.807) is 0 Å². The highest BCUT2D eigenvalue weighted by Crippen LogP contribution is 2.32. The van der Waals surface area contributed by atoms with Crippen LogP contribution in [0.2, 0.25) is 0 Å². The highest BCUT2D eigenvalue weighted by atomic mass is 16.5. The molecule has 1 aliphatic heterocycles. The van der Waals surface area contributed by atoms with Crippen molar-refractivity contribution >= 4 is 0 Å². The average molecular weight is 233 g/mol. The molecule has 1 aromatic rings. The van der Waals surface area contributed by atoms with Crippen molar-refractivity contribution in [2.24, 2.45) is 11.7 Å². The first-order chi connectivity index (χ1) is 8.09. The van der Waals surface area contributed by atoms with Crippen LogP contribution in [0.4, 0.5) is 0 Å². The lowest BCUT2D eigenvalue weighted by Gasteiger charge is -2.30. The number of benzene rings is 1. The topological polar surface area (TPSA) is 35.2 Å². The number of nitrogens with two attached hydrogens (primary N) is 1. The molecule has 0 spiro atoms. The van der Waals surface area contributed by atoms with E-state index in [9.17, 15) is 0 Å². The lowest BCUT2D eigenvalue weighted by Crippen LogP contribution is -2.28. The summed E-state index contributed by atoms with van der Waals surface area (Å²) in [5.41, 5.74) is 11.8. The van der Waals surface area contributed by atoms with Gasteiger partial charge in [-0.1, -0.05) is 17.7 Å². The molecule has 0 saturated carbocycles. The fourth-order valence-corrected chi connectivity index (χ4v) is 3.03. The third kappa shape index (κ3) is 2.70. The Labute approximate surface area is 104 Å². The van der Waals surface area contributed by atoms with E-state index in [0.29, 0.717) is 5.92 Å². The summed E-state index contributed by atoms with van der Waals surface area (Å²) in [5, 5.41) is 0. The third-order valence-electron chi connectivity index (χ3n) is 3.85. The minimum atomic E-state index is 0.166. The molecule has 1 heterocycles. The van der Waals surface area contributed by atoms with Crippen LogP contribution in [0.1, 0.15) is 41.1 Å². The lowest BCUT2D eigenvalue weighted by atomic mass is 9.83. The van der Waals surface area contributed by atoms with Crippen LogP contribution in [0.15, 0.2) is 12.1 Å². The fourth-order valence-electron chi connectivity index (χ4n) is 3.03. The fraction of sp³-hybridized carbons (Fsp3) is 0.600. The quantitative estimate of drug-likeness (QED) is 0.852. The zero-order valence-electron chi connectivity index (χ0n) is 11.1. The molecule has 1 aromatic carbocycles. The number of hydrogen-bond donors (Lipinski definition) is 1. The van der Waals surface area contributed by atoms with Crippen molar-refractivity contribution in [2.45, 2.75) is 39.7 Å². The first-order valence-corrected chi connectivity index (χ1v) is 6.50. The van der Waals surface area contributed by atoms with Gasteiger partial charge in [-0.2, -0.15) is 0 Å². The monoisotopic (exact) mass is 233 g/mol. The molecular formula is C15H23NO. The summed E-state index contributed by atoms with van der Waals surface area (Å²) in [7, 11) is 0. The van der Waals surface area contributed by atoms with Crippen molar-refractivity contribution in [3.05, 3.63) is 34.4 Å². The molecule has 1 atom stereocenters. The summed E-state index contributed by atoms with van der Waals surface area (Å²) in [4.78, 5) is 0. The molecule has 0 bridgehead atoms. The zero-order valence-corrected chi connectivity index (χ0v) is 11.1.